The van der Waals surface area contributed by atoms with Gasteiger partial charge in [0.05, 0.1) is 11.6 Å². The SMILES string of the molecule is Cc1cc(C#N)cc(NCCCO)c1. The summed E-state index contributed by atoms with van der Waals surface area (Å²) >= 11 is 0. The molecule has 0 fully saturated rings. The number of nitriles is 1. The summed E-state index contributed by atoms with van der Waals surface area (Å²) in [5.74, 6) is 0. The van der Waals surface area contributed by atoms with Crippen LogP contribution in [0.5, 0.6) is 0 Å². The van der Waals surface area contributed by atoms with Gasteiger partial charge in [-0.3, -0.25) is 0 Å². The third-order valence-electron chi connectivity index (χ3n) is 1.87. The van der Waals surface area contributed by atoms with E-state index >= 15 is 0 Å². The van der Waals surface area contributed by atoms with Crippen molar-refractivity contribution in [3.8, 4) is 6.07 Å². The zero-order chi connectivity index (χ0) is 10.4. The molecule has 3 heteroatoms. The van der Waals surface area contributed by atoms with Crippen molar-refractivity contribution >= 4 is 5.69 Å². The molecule has 3 nitrogen and oxygen atoms in total. The Labute approximate surface area is 84.0 Å². The van der Waals surface area contributed by atoms with Gasteiger partial charge in [-0.25, -0.2) is 0 Å². The number of hydrogen-bond donors (Lipinski definition) is 2. The van der Waals surface area contributed by atoms with Crippen molar-refractivity contribution in [1.82, 2.24) is 0 Å². The van der Waals surface area contributed by atoms with Crippen LogP contribution in [-0.4, -0.2) is 18.3 Å². The first-order valence-electron chi connectivity index (χ1n) is 4.63. The number of aliphatic hydroxyl groups excluding tert-OH is 1. The molecule has 1 rings (SSSR count). The first kappa shape index (κ1) is 10.6. The van der Waals surface area contributed by atoms with Crippen molar-refractivity contribution in [3.63, 3.8) is 0 Å². The maximum absolute atomic E-state index is 8.74. The molecule has 0 saturated carbocycles. The van der Waals surface area contributed by atoms with Crippen LogP contribution in [0.15, 0.2) is 18.2 Å². The summed E-state index contributed by atoms with van der Waals surface area (Å²) in [6.07, 6.45) is 0.718. The molecule has 0 aliphatic heterocycles. The molecule has 14 heavy (non-hydrogen) atoms. The van der Waals surface area contributed by atoms with Gasteiger partial charge in [0.1, 0.15) is 0 Å². The van der Waals surface area contributed by atoms with E-state index < -0.39 is 0 Å². The molecule has 0 unspecified atom stereocenters. The summed E-state index contributed by atoms with van der Waals surface area (Å²) in [6, 6.07) is 7.75. The Hall–Kier alpha value is -1.53. The highest BCUT2D eigenvalue weighted by molar-refractivity contribution is 5.51. The summed E-state index contributed by atoms with van der Waals surface area (Å²) < 4.78 is 0. The third-order valence-corrected chi connectivity index (χ3v) is 1.87. The van der Waals surface area contributed by atoms with E-state index in [0.717, 1.165) is 24.2 Å². The van der Waals surface area contributed by atoms with E-state index in [2.05, 4.69) is 11.4 Å². The number of benzene rings is 1. The van der Waals surface area contributed by atoms with Gasteiger partial charge in [-0.05, 0) is 37.1 Å². The summed E-state index contributed by atoms with van der Waals surface area (Å²) in [4.78, 5) is 0. The zero-order valence-electron chi connectivity index (χ0n) is 8.25. The highest BCUT2D eigenvalue weighted by atomic mass is 16.3. The maximum atomic E-state index is 8.74. The first-order chi connectivity index (χ1) is 6.76. The number of nitrogens with zero attached hydrogens (tertiary/aromatic N) is 1. The molecule has 0 heterocycles. The largest absolute Gasteiger partial charge is 0.396 e. The van der Waals surface area contributed by atoms with Gasteiger partial charge >= 0.3 is 0 Å². The van der Waals surface area contributed by atoms with E-state index in [0.29, 0.717) is 5.56 Å². The van der Waals surface area contributed by atoms with Crippen LogP contribution in [0.3, 0.4) is 0 Å². The second-order valence-corrected chi connectivity index (χ2v) is 3.20. The molecule has 1 aromatic rings. The van der Waals surface area contributed by atoms with Crippen molar-refractivity contribution < 1.29 is 5.11 Å². The second kappa shape index (κ2) is 5.25. The lowest BCUT2D eigenvalue weighted by molar-refractivity contribution is 0.292. The molecule has 0 bridgehead atoms. The minimum Gasteiger partial charge on any atom is -0.396 e. The van der Waals surface area contributed by atoms with Crippen molar-refractivity contribution in [2.45, 2.75) is 13.3 Å². The van der Waals surface area contributed by atoms with Crippen LogP contribution in [0.1, 0.15) is 17.5 Å². The quantitative estimate of drug-likeness (QED) is 0.710. The summed E-state index contributed by atoms with van der Waals surface area (Å²) in [6.45, 7) is 2.87. The van der Waals surface area contributed by atoms with Crippen LogP contribution < -0.4 is 5.32 Å². The number of anilines is 1. The number of aliphatic hydroxyl groups is 1. The minimum atomic E-state index is 0.184. The van der Waals surface area contributed by atoms with Crippen molar-refractivity contribution in [3.05, 3.63) is 29.3 Å². The average Bonchev–Trinajstić information content (AvgIpc) is 2.17. The fourth-order valence-electron chi connectivity index (χ4n) is 1.26. The van der Waals surface area contributed by atoms with Crippen molar-refractivity contribution in [1.29, 1.82) is 5.26 Å². The van der Waals surface area contributed by atoms with Crippen molar-refractivity contribution in [2.24, 2.45) is 0 Å². The van der Waals surface area contributed by atoms with Crippen LogP contribution in [-0.2, 0) is 0 Å². The number of aryl methyl sites for hydroxylation is 1. The van der Waals surface area contributed by atoms with E-state index in [1.807, 2.05) is 25.1 Å². The zero-order valence-corrected chi connectivity index (χ0v) is 8.25. The summed E-state index contributed by atoms with van der Waals surface area (Å²) in [5.41, 5.74) is 2.67. The Bertz CT molecular complexity index is 342. The molecule has 0 amide bonds. The normalized spacial score (nSPS) is 9.50. The predicted molar refractivity (Wildman–Crippen MR) is 56.1 cm³/mol. The van der Waals surface area contributed by atoms with Gasteiger partial charge in [-0.1, -0.05) is 0 Å². The van der Waals surface area contributed by atoms with E-state index in [1.165, 1.54) is 0 Å². The Morgan fingerprint density at radius 3 is 2.86 bits per heavy atom. The van der Waals surface area contributed by atoms with E-state index in [-0.39, 0.29) is 6.61 Å². The fraction of sp³-hybridized carbons (Fsp3) is 0.364. The third kappa shape index (κ3) is 3.08. The van der Waals surface area contributed by atoms with Gasteiger partial charge in [0.2, 0.25) is 0 Å². The van der Waals surface area contributed by atoms with E-state index in [4.69, 9.17) is 10.4 Å². The molecule has 2 N–H and O–H groups in total. The van der Waals surface area contributed by atoms with Gasteiger partial charge in [0, 0.05) is 18.8 Å². The monoisotopic (exact) mass is 190 g/mol. The fourth-order valence-corrected chi connectivity index (χ4v) is 1.26. The average molecular weight is 190 g/mol. The molecule has 0 aliphatic rings. The Morgan fingerprint density at radius 1 is 1.43 bits per heavy atom. The molecule has 0 saturated heterocycles. The van der Waals surface area contributed by atoms with Gasteiger partial charge < -0.3 is 10.4 Å². The van der Waals surface area contributed by atoms with Gasteiger partial charge in [0.15, 0.2) is 0 Å². The first-order valence-corrected chi connectivity index (χ1v) is 4.63. The molecule has 1 aromatic carbocycles. The Balaban J connectivity index is 2.68. The minimum absolute atomic E-state index is 0.184. The molecule has 0 aromatic heterocycles. The molecule has 0 radical (unpaired) electrons. The van der Waals surface area contributed by atoms with Crippen LogP contribution in [0.4, 0.5) is 5.69 Å². The van der Waals surface area contributed by atoms with Crippen LogP contribution in [0.25, 0.3) is 0 Å². The predicted octanol–water partition coefficient (Wildman–Crippen LogP) is 1.66. The lowest BCUT2D eigenvalue weighted by Gasteiger charge is -2.06. The summed E-state index contributed by atoms with van der Waals surface area (Å²) in [7, 11) is 0. The van der Waals surface area contributed by atoms with Gasteiger partial charge in [0.25, 0.3) is 0 Å². The number of nitrogens with one attached hydrogen (secondary N) is 1. The van der Waals surface area contributed by atoms with Gasteiger partial charge in [-0.15, -0.1) is 0 Å². The van der Waals surface area contributed by atoms with E-state index in [9.17, 15) is 0 Å². The molecule has 0 spiro atoms. The number of hydrogen-bond acceptors (Lipinski definition) is 3. The highest BCUT2D eigenvalue weighted by Gasteiger charge is 1.96. The topological polar surface area (TPSA) is 56.0 Å². The lowest BCUT2D eigenvalue weighted by atomic mass is 10.1. The smallest absolute Gasteiger partial charge is 0.0992 e. The Kier molecular flexibility index (Phi) is 3.96. The van der Waals surface area contributed by atoms with Crippen LogP contribution >= 0.6 is 0 Å². The number of rotatable bonds is 4. The van der Waals surface area contributed by atoms with E-state index in [1.54, 1.807) is 0 Å². The standard InChI is InChI=1S/C11H14N2O/c1-9-5-10(8-12)7-11(6-9)13-3-2-4-14/h5-7,13-14H,2-4H2,1H3. The van der Waals surface area contributed by atoms with Crippen LogP contribution in [0, 0.1) is 18.3 Å². The molecular formula is C11H14N2O. The molecule has 74 valence electrons. The molecule has 0 atom stereocenters. The lowest BCUT2D eigenvalue weighted by Crippen LogP contribution is -2.03. The summed E-state index contributed by atoms with van der Waals surface area (Å²) in [5, 5.41) is 20.5. The second-order valence-electron chi connectivity index (χ2n) is 3.20. The highest BCUT2D eigenvalue weighted by Crippen LogP contribution is 2.13. The molecular weight excluding hydrogens is 176 g/mol. The van der Waals surface area contributed by atoms with Crippen molar-refractivity contribution in [2.75, 3.05) is 18.5 Å². The molecule has 0 aliphatic carbocycles. The maximum Gasteiger partial charge on any atom is 0.0992 e. The van der Waals surface area contributed by atoms with Crippen LogP contribution in [0.2, 0.25) is 0 Å². The van der Waals surface area contributed by atoms with Gasteiger partial charge in [-0.2, -0.15) is 5.26 Å². The Morgan fingerprint density at radius 2 is 2.21 bits per heavy atom.